The Hall–Kier alpha value is -3.31. The fraction of sp³-hybridized carbons (Fsp3) is 0.433. The maximum Gasteiger partial charge on any atom is 0.248 e. The fourth-order valence-corrected chi connectivity index (χ4v) is 5.39. The van der Waals surface area contributed by atoms with E-state index in [1.165, 1.54) is 18.5 Å². The van der Waals surface area contributed by atoms with Crippen LogP contribution in [0.15, 0.2) is 48.8 Å². The molecule has 2 N–H and O–H groups in total. The number of fused-ring (bicyclic) bond motifs is 1. The van der Waals surface area contributed by atoms with Crippen LogP contribution in [0.5, 0.6) is 5.75 Å². The molecule has 2 saturated heterocycles. The Morgan fingerprint density at radius 3 is 2.76 bits per heavy atom. The van der Waals surface area contributed by atoms with E-state index in [4.69, 9.17) is 21.1 Å². The SMILES string of the molecule is O=C(C=CCN1CCN(C2CCOC2)CC1)Nc1cc2c(Nc3ccc(F)c(Cl)c3)ncnc2cc1OCC1CC1. The summed E-state index contributed by atoms with van der Waals surface area (Å²) in [5.74, 6) is 0.871. The summed E-state index contributed by atoms with van der Waals surface area (Å²) >= 11 is 5.96. The Balaban J connectivity index is 1.14. The van der Waals surface area contributed by atoms with Crippen LogP contribution in [-0.2, 0) is 9.53 Å². The van der Waals surface area contributed by atoms with E-state index in [-0.39, 0.29) is 10.9 Å². The van der Waals surface area contributed by atoms with Gasteiger partial charge in [-0.15, -0.1) is 0 Å². The van der Waals surface area contributed by atoms with E-state index in [1.54, 1.807) is 12.1 Å². The van der Waals surface area contributed by atoms with Crippen molar-refractivity contribution in [1.29, 1.82) is 0 Å². The van der Waals surface area contributed by atoms with Crippen molar-refractivity contribution in [1.82, 2.24) is 19.8 Å². The van der Waals surface area contributed by atoms with Gasteiger partial charge >= 0.3 is 0 Å². The van der Waals surface area contributed by atoms with Crippen LogP contribution in [0.25, 0.3) is 10.9 Å². The molecule has 1 atom stereocenters. The van der Waals surface area contributed by atoms with Gasteiger partial charge in [-0.1, -0.05) is 17.7 Å². The topological polar surface area (TPSA) is 91.9 Å². The molecule has 1 unspecified atom stereocenters. The van der Waals surface area contributed by atoms with Crippen molar-refractivity contribution < 1.29 is 18.7 Å². The number of ether oxygens (including phenoxy) is 2. The van der Waals surface area contributed by atoms with E-state index in [1.807, 2.05) is 18.2 Å². The second-order valence-corrected chi connectivity index (χ2v) is 11.2. The largest absolute Gasteiger partial charge is 0.491 e. The van der Waals surface area contributed by atoms with Crippen LogP contribution in [-0.4, -0.2) is 84.3 Å². The zero-order valence-electron chi connectivity index (χ0n) is 22.8. The number of piperazine rings is 1. The van der Waals surface area contributed by atoms with Gasteiger partial charge in [-0.3, -0.25) is 14.6 Å². The summed E-state index contributed by atoms with van der Waals surface area (Å²) in [6.45, 7) is 7.00. The lowest BCUT2D eigenvalue weighted by atomic mass is 10.1. The molecule has 3 fully saturated rings. The summed E-state index contributed by atoms with van der Waals surface area (Å²) in [5.41, 5.74) is 1.77. The van der Waals surface area contributed by atoms with Gasteiger partial charge in [0.1, 0.15) is 23.7 Å². The first-order chi connectivity index (χ1) is 20.0. The molecule has 6 rings (SSSR count). The van der Waals surface area contributed by atoms with E-state index in [0.717, 1.165) is 58.7 Å². The Labute approximate surface area is 243 Å². The molecule has 9 nitrogen and oxygen atoms in total. The van der Waals surface area contributed by atoms with Crippen LogP contribution in [0.2, 0.25) is 5.02 Å². The molecule has 2 aliphatic heterocycles. The lowest BCUT2D eigenvalue weighted by molar-refractivity contribution is -0.111. The minimum atomic E-state index is -0.498. The third-order valence-electron chi connectivity index (χ3n) is 7.81. The lowest BCUT2D eigenvalue weighted by Gasteiger charge is -2.37. The third kappa shape index (κ3) is 7.13. The predicted octanol–water partition coefficient (Wildman–Crippen LogP) is 4.86. The van der Waals surface area contributed by atoms with Gasteiger partial charge in [0, 0.05) is 68.6 Å². The van der Waals surface area contributed by atoms with Crippen LogP contribution >= 0.6 is 11.6 Å². The first kappa shape index (κ1) is 27.8. The summed E-state index contributed by atoms with van der Waals surface area (Å²) in [6, 6.07) is 8.54. The number of carbonyl (C=O) groups is 1. The number of hydrogen-bond donors (Lipinski definition) is 2. The normalized spacial score (nSPS) is 20.1. The van der Waals surface area contributed by atoms with Crippen molar-refractivity contribution in [3.05, 3.63) is 59.7 Å². The molecule has 3 heterocycles. The summed E-state index contributed by atoms with van der Waals surface area (Å²) in [4.78, 5) is 26.6. The summed E-state index contributed by atoms with van der Waals surface area (Å²) < 4.78 is 25.3. The van der Waals surface area contributed by atoms with E-state index in [2.05, 4.69) is 30.4 Å². The molecule has 41 heavy (non-hydrogen) atoms. The molecule has 0 bridgehead atoms. The monoisotopic (exact) mass is 580 g/mol. The standard InChI is InChI=1S/C30H34ClFN6O3/c31-24-14-21(5-6-25(24)32)35-30-23-15-27(28(41-17-20-3-4-20)16-26(23)33-19-34-30)36-29(39)2-1-8-37-9-11-38(12-10-37)22-7-13-40-18-22/h1-2,5-6,14-16,19-20,22H,3-4,7-13,17-18H2,(H,36,39)(H,33,34,35). The van der Waals surface area contributed by atoms with E-state index < -0.39 is 5.82 Å². The lowest BCUT2D eigenvalue weighted by Crippen LogP contribution is -2.50. The number of anilines is 3. The van der Waals surface area contributed by atoms with Gasteiger partial charge in [-0.05, 0) is 49.4 Å². The summed E-state index contributed by atoms with van der Waals surface area (Å²) in [5, 5.41) is 6.86. The van der Waals surface area contributed by atoms with Crippen molar-refractivity contribution in [3.63, 3.8) is 0 Å². The average Bonchev–Trinajstić information content (AvgIpc) is 3.64. The Morgan fingerprint density at radius 1 is 1.15 bits per heavy atom. The number of carbonyl (C=O) groups excluding carboxylic acids is 1. The zero-order chi connectivity index (χ0) is 28.2. The summed E-state index contributed by atoms with van der Waals surface area (Å²) in [7, 11) is 0. The molecule has 0 spiro atoms. The molecule has 11 heteroatoms. The van der Waals surface area contributed by atoms with Gasteiger partial charge in [0.25, 0.3) is 0 Å². The number of nitrogens with zero attached hydrogens (tertiary/aromatic N) is 4. The maximum absolute atomic E-state index is 13.7. The molecule has 0 radical (unpaired) electrons. The third-order valence-corrected chi connectivity index (χ3v) is 8.10. The van der Waals surface area contributed by atoms with Crippen molar-refractivity contribution in [3.8, 4) is 5.75 Å². The van der Waals surface area contributed by atoms with Crippen LogP contribution in [0.1, 0.15) is 19.3 Å². The molecule has 3 aliphatic rings. The molecule has 2 aromatic carbocycles. The van der Waals surface area contributed by atoms with Gasteiger partial charge in [0.2, 0.25) is 5.91 Å². The molecular weight excluding hydrogens is 547 g/mol. The number of amides is 1. The number of rotatable bonds is 10. The van der Waals surface area contributed by atoms with E-state index in [9.17, 15) is 9.18 Å². The number of halogens is 2. The van der Waals surface area contributed by atoms with Crippen LogP contribution in [0.4, 0.5) is 21.6 Å². The fourth-order valence-electron chi connectivity index (χ4n) is 5.21. The highest BCUT2D eigenvalue weighted by atomic mass is 35.5. The Kier molecular flexibility index (Phi) is 8.62. The van der Waals surface area contributed by atoms with E-state index >= 15 is 0 Å². The zero-order valence-corrected chi connectivity index (χ0v) is 23.6. The van der Waals surface area contributed by atoms with Crippen LogP contribution in [0.3, 0.4) is 0 Å². The Morgan fingerprint density at radius 2 is 2.00 bits per heavy atom. The first-order valence-electron chi connectivity index (χ1n) is 14.2. The highest BCUT2D eigenvalue weighted by Crippen LogP contribution is 2.36. The van der Waals surface area contributed by atoms with Gasteiger partial charge in [0.15, 0.2) is 0 Å². The van der Waals surface area contributed by atoms with Crippen molar-refractivity contribution >= 4 is 45.6 Å². The first-order valence-corrected chi connectivity index (χ1v) is 14.5. The highest BCUT2D eigenvalue weighted by Gasteiger charge is 2.26. The van der Waals surface area contributed by atoms with Gasteiger partial charge in [-0.2, -0.15) is 0 Å². The Bertz CT molecular complexity index is 1420. The smallest absolute Gasteiger partial charge is 0.248 e. The number of aromatic nitrogens is 2. The van der Waals surface area contributed by atoms with Crippen LogP contribution in [0, 0.1) is 11.7 Å². The molecule has 1 aliphatic carbocycles. The molecular formula is C30H34ClFN6O3. The molecule has 1 amide bonds. The number of nitrogens with one attached hydrogen (secondary N) is 2. The minimum absolute atomic E-state index is 0.00848. The minimum Gasteiger partial charge on any atom is -0.491 e. The van der Waals surface area contributed by atoms with Crippen molar-refractivity contribution in [2.24, 2.45) is 5.92 Å². The number of hydrogen-bond acceptors (Lipinski definition) is 8. The highest BCUT2D eigenvalue weighted by molar-refractivity contribution is 6.31. The molecule has 216 valence electrons. The van der Waals surface area contributed by atoms with Crippen molar-refractivity contribution in [2.45, 2.75) is 25.3 Å². The van der Waals surface area contributed by atoms with Gasteiger partial charge in [0.05, 0.1) is 29.4 Å². The van der Waals surface area contributed by atoms with Crippen LogP contribution < -0.4 is 15.4 Å². The van der Waals surface area contributed by atoms with Gasteiger partial charge in [-0.25, -0.2) is 14.4 Å². The summed E-state index contributed by atoms with van der Waals surface area (Å²) in [6.07, 6.45) is 8.35. The molecule has 3 aromatic rings. The van der Waals surface area contributed by atoms with E-state index in [0.29, 0.717) is 59.0 Å². The number of benzene rings is 2. The average molecular weight is 581 g/mol. The predicted molar refractivity (Wildman–Crippen MR) is 157 cm³/mol. The van der Waals surface area contributed by atoms with Gasteiger partial charge < -0.3 is 20.1 Å². The molecule has 1 saturated carbocycles. The molecule has 1 aromatic heterocycles. The van der Waals surface area contributed by atoms with Crippen molar-refractivity contribution in [2.75, 3.05) is 63.2 Å². The quantitative estimate of drug-likeness (QED) is 0.329. The maximum atomic E-state index is 13.7. The second kappa shape index (κ2) is 12.7. The second-order valence-electron chi connectivity index (χ2n) is 10.8.